The van der Waals surface area contributed by atoms with Gasteiger partial charge in [0.05, 0.1) is 0 Å². The summed E-state index contributed by atoms with van der Waals surface area (Å²) in [6, 6.07) is 8.47. The van der Waals surface area contributed by atoms with Crippen LogP contribution in [0.2, 0.25) is 0 Å². The Labute approximate surface area is 84.1 Å². The molecule has 2 heteroatoms. The van der Waals surface area contributed by atoms with Crippen molar-refractivity contribution in [1.29, 1.82) is 0 Å². The second-order valence-electron chi connectivity index (χ2n) is 4.48. The fourth-order valence-electron chi connectivity index (χ4n) is 1.68. The predicted octanol–water partition coefficient (Wildman–Crippen LogP) is 2.67. The number of nitrogens with one attached hydrogen (secondary N) is 1. The Balaban J connectivity index is 2.62. The van der Waals surface area contributed by atoms with Crippen LogP contribution in [-0.4, -0.2) is 4.98 Å². The summed E-state index contributed by atoms with van der Waals surface area (Å²) in [6.45, 7) is 6.11. The molecule has 0 atom stereocenters. The Morgan fingerprint density at radius 1 is 1.21 bits per heavy atom. The average Bonchev–Trinajstić information content (AvgIpc) is 2.41. The van der Waals surface area contributed by atoms with Crippen molar-refractivity contribution in [1.82, 2.24) is 4.98 Å². The fraction of sp³-hybridized carbons (Fsp3) is 0.333. The molecule has 0 aliphatic rings. The van der Waals surface area contributed by atoms with Gasteiger partial charge in [0.15, 0.2) is 0 Å². The lowest BCUT2D eigenvalue weighted by molar-refractivity contribution is 0.555. The molecular weight excluding hydrogens is 172 g/mol. The van der Waals surface area contributed by atoms with Gasteiger partial charge in [0.1, 0.15) is 0 Å². The molecule has 1 aromatic heterocycles. The standard InChI is InChI=1S/C12H16N2/c1-8-6-9-7-10(12(2,3)13)4-5-11(9)14-8/h4-7,14H,13H2,1-3H3. The first-order chi connectivity index (χ1) is 6.47. The number of H-pyrrole nitrogens is 1. The first-order valence-corrected chi connectivity index (χ1v) is 4.85. The summed E-state index contributed by atoms with van der Waals surface area (Å²) < 4.78 is 0. The van der Waals surface area contributed by atoms with Gasteiger partial charge in [-0.2, -0.15) is 0 Å². The Morgan fingerprint density at radius 2 is 1.93 bits per heavy atom. The highest BCUT2D eigenvalue weighted by Gasteiger charge is 2.14. The van der Waals surface area contributed by atoms with Crippen LogP contribution in [0.1, 0.15) is 25.1 Å². The van der Waals surface area contributed by atoms with Crippen molar-refractivity contribution in [2.75, 3.05) is 0 Å². The van der Waals surface area contributed by atoms with E-state index in [9.17, 15) is 0 Å². The minimum absolute atomic E-state index is 0.265. The van der Waals surface area contributed by atoms with Crippen LogP contribution in [0.3, 0.4) is 0 Å². The van der Waals surface area contributed by atoms with E-state index < -0.39 is 0 Å². The highest BCUT2D eigenvalue weighted by atomic mass is 14.7. The molecule has 0 aliphatic heterocycles. The number of fused-ring (bicyclic) bond motifs is 1. The fourth-order valence-corrected chi connectivity index (χ4v) is 1.68. The van der Waals surface area contributed by atoms with Crippen molar-refractivity contribution in [3.8, 4) is 0 Å². The van der Waals surface area contributed by atoms with Crippen molar-refractivity contribution in [2.45, 2.75) is 26.3 Å². The van der Waals surface area contributed by atoms with Gasteiger partial charge in [-0.25, -0.2) is 0 Å². The maximum absolute atomic E-state index is 6.04. The summed E-state index contributed by atoms with van der Waals surface area (Å²) in [5.74, 6) is 0. The van der Waals surface area contributed by atoms with Crippen molar-refractivity contribution in [2.24, 2.45) is 5.73 Å². The largest absolute Gasteiger partial charge is 0.359 e. The number of aromatic nitrogens is 1. The Bertz CT molecular complexity index is 461. The first kappa shape index (κ1) is 9.28. The van der Waals surface area contributed by atoms with E-state index in [0.717, 1.165) is 0 Å². The molecule has 0 spiro atoms. The zero-order chi connectivity index (χ0) is 10.3. The molecule has 0 aliphatic carbocycles. The van der Waals surface area contributed by atoms with E-state index in [2.05, 4.69) is 36.2 Å². The van der Waals surface area contributed by atoms with Gasteiger partial charge in [-0.05, 0) is 49.9 Å². The number of hydrogen-bond donors (Lipinski definition) is 2. The number of hydrogen-bond acceptors (Lipinski definition) is 1. The highest BCUT2D eigenvalue weighted by molar-refractivity contribution is 5.81. The van der Waals surface area contributed by atoms with Gasteiger partial charge in [0, 0.05) is 16.7 Å². The molecule has 0 saturated carbocycles. The second kappa shape index (κ2) is 2.85. The van der Waals surface area contributed by atoms with Gasteiger partial charge < -0.3 is 10.7 Å². The topological polar surface area (TPSA) is 41.8 Å². The van der Waals surface area contributed by atoms with Crippen LogP contribution in [0.4, 0.5) is 0 Å². The third-order valence-corrected chi connectivity index (χ3v) is 2.50. The lowest BCUT2D eigenvalue weighted by Crippen LogP contribution is -2.28. The molecule has 1 heterocycles. The van der Waals surface area contributed by atoms with Gasteiger partial charge in [-0.15, -0.1) is 0 Å². The Hall–Kier alpha value is -1.28. The molecule has 14 heavy (non-hydrogen) atoms. The van der Waals surface area contributed by atoms with Crippen molar-refractivity contribution in [3.63, 3.8) is 0 Å². The van der Waals surface area contributed by atoms with Gasteiger partial charge in [0.25, 0.3) is 0 Å². The maximum Gasteiger partial charge on any atom is 0.0456 e. The SMILES string of the molecule is Cc1cc2cc(C(C)(C)N)ccc2[nH]1. The van der Waals surface area contributed by atoms with E-state index in [1.165, 1.54) is 22.2 Å². The summed E-state index contributed by atoms with van der Waals surface area (Å²) in [5.41, 5.74) is 9.31. The van der Waals surface area contributed by atoms with Crippen LogP contribution in [0.5, 0.6) is 0 Å². The van der Waals surface area contributed by atoms with Crippen molar-refractivity contribution in [3.05, 3.63) is 35.5 Å². The van der Waals surface area contributed by atoms with Crippen LogP contribution in [0.15, 0.2) is 24.3 Å². The summed E-state index contributed by atoms with van der Waals surface area (Å²) in [5, 5.41) is 1.23. The molecule has 3 N–H and O–H groups in total. The molecule has 1 aromatic carbocycles. The summed E-state index contributed by atoms with van der Waals surface area (Å²) in [7, 11) is 0. The van der Waals surface area contributed by atoms with Crippen molar-refractivity contribution >= 4 is 10.9 Å². The molecule has 0 bridgehead atoms. The molecule has 0 radical (unpaired) electrons. The molecular formula is C12H16N2. The van der Waals surface area contributed by atoms with Crippen LogP contribution < -0.4 is 5.73 Å². The number of rotatable bonds is 1. The zero-order valence-electron chi connectivity index (χ0n) is 8.89. The zero-order valence-corrected chi connectivity index (χ0v) is 8.89. The normalized spacial score (nSPS) is 12.3. The molecule has 2 nitrogen and oxygen atoms in total. The highest BCUT2D eigenvalue weighted by Crippen LogP contribution is 2.22. The van der Waals surface area contributed by atoms with Gasteiger partial charge in [0.2, 0.25) is 0 Å². The monoisotopic (exact) mass is 188 g/mol. The number of aryl methyl sites for hydroxylation is 1. The molecule has 0 unspecified atom stereocenters. The summed E-state index contributed by atoms with van der Waals surface area (Å²) in [6.07, 6.45) is 0. The minimum atomic E-state index is -0.265. The summed E-state index contributed by atoms with van der Waals surface area (Å²) in [4.78, 5) is 3.30. The second-order valence-corrected chi connectivity index (χ2v) is 4.48. The van der Waals surface area contributed by atoms with Gasteiger partial charge in [-0.3, -0.25) is 0 Å². The number of nitrogens with two attached hydrogens (primary N) is 1. The third-order valence-electron chi connectivity index (χ3n) is 2.50. The molecule has 2 aromatic rings. The maximum atomic E-state index is 6.04. The van der Waals surface area contributed by atoms with E-state index in [0.29, 0.717) is 0 Å². The Morgan fingerprint density at radius 3 is 2.57 bits per heavy atom. The van der Waals surface area contributed by atoms with E-state index in [1.54, 1.807) is 0 Å². The predicted molar refractivity (Wildman–Crippen MR) is 60.2 cm³/mol. The van der Waals surface area contributed by atoms with E-state index in [-0.39, 0.29) is 5.54 Å². The smallest absolute Gasteiger partial charge is 0.0456 e. The van der Waals surface area contributed by atoms with Crippen LogP contribution >= 0.6 is 0 Å². The third kappa shape index (κ3) is 1.53. The quantitative estimate of drug-likeness (QED) is 0.709. The average molecular weight is 188 g/mol. The van der Waals surface area contributed by atoms with Gasteiger partial charge in [-0.1, -0.05) is 6.07 Å². The lowest BCUT2D eigenvalue weighted by atomic mass is 9.95. The summed E-state index contributed by atoms with van der Waals surface area (Å²) >= 11 is 0. The van der Waals surface area contributed by atoms with E-state index in [4.69, 9.17) is 5.73 Å². The van der Waals surface area contributed by atoms with Crippen LogP contribution in [0, 0.1) is 6.92 Å². The number of benzene rings is 1. The first-order valence-electron chi connectivity index (χ1n) is 4.85. The van der Waals surface area contributed by atoms with E-state index in [1.807, 2.05) is 13.8 Å². The minimum Gasteiger partial charge on any atom is -0.359 e. The van der Waals surface area contributed by atoms with E-state index >= 15 is 0 Å². The molecule has 0 saturated heterocycles. The molecule has 74 valence electrons. The molecule has 0 amide bonds. The molecule has 0 fully saturated rings. The number of aromatic amines is 1. The Kier molecular flexibility index (Phi) is 1.89. The van der Waals surface area contributed by atoms with Crippen molar-refractivity contribution < 1.29 is 0 Å². The molecule has 2 rings (SSSR count). The van der Waals surface area contributed by atoms with Gasteiger partial charge >= 0.3 is 0 Å². The lowest BCUT2D eigenvalue weighted by Gasteiger charge is -2.18. The van der Waals surface area contributed by atoms with Crippen LogP contribution in [-0.2, 0) is 5.54 Å². The van der Waals surface area contributed by atoms with Crippen LogP contribution in [0.25, 0.3) is 10.9 Å².